The van der Waals surface area contributed by atoms with Crippen LogP contribution in [0.2, 0.25) is 0 Å². The summed E-state index contributed by atoms with van der Waals surface area (Å²) in [4.78, 5) is 9.80. The van der Waals surface area contributed by atoms with Crippen LogP contribution >= 0.6 is 0 Å². The molecule has 0 aliphatic rings. The Balaban J connectivity index is 4.23. The summed E-state index contributed by atoms with van der Waals surface area (Å²) in [5.41, 5.74) is 4.35. The molecule has 60 valence electrons. The molecule has 0 aliphatic carbocycles. The van der Waals surface area contributed by atoms with Gasteiger partial charge in [0.05, 0.1) is 0 Å². The molecule has 0 amide bonds. The lowest BCUT2D eigenvalue weighted by Crippen LogP contribution is -2.52. The second-order valence-corrected chi connectivity index (χ2v) is 1.62. The van der Waals surface area contributed by atoms with E-state index in [2.05, 4.69) is 10.5 Å². The number of aliphatic carboxylic acids is 1. The first-order chi connectivity index (χ1) is 4.42. The molecule has 0 aromatic heterocycles. The molecule has 0 aromatic rings. The third-order valence-corrected chi connectivity index (χ3v) is 0.865. The van der Waals surface area contributed by atoms with E-state index in [1.165, 1.54) is 0 Å². The molecule has 0 bridgehead atoms. The standard InChI is InChI=1S/C4H7F2NO3/c1-10-2(5)4(6,7)3(8)9/h2H,7H2,1H3,(H,8,9). The molecule has 6 heteroatoms. The Bertz CT molecular complexity index is 138. The highest BCUT2D eigenvalue weighted by Gasteiger charge is 2.44. The third kappa shape index (κ3) is 1.61. The first-order valence-electron chi connectivity index (χ1n) is 2.31. The fourth-order valence-corrected chi connectivity index (χ4v) is 0.269. The van der Waals surface area contributed by atoms with Crippen LogP contribution in [0, 0.1) is 0 Å². The molecule has 0 heterocycles. The molecule has 0 fully saturated rings. The third-order valence-electron chi connectivity index (χ3n) is 0.865. The molecule has 10 heavy (non-hydrogen) atoms. The quantitative estimate of drug-likeness (QED) is 0.546. The van der Waals surface area contributed by atoms with Crippen molar-refractivity contribution >= 4 is 5.97 Å². The summed E-state index contributed by atoms with van der Waals surface area (Å²) in [5.74, 6) is -5.56. The Morgan fingerprint density at radius 1 is 1.90 bits per heavy atom. The van der Waals surface area contributed by atoms with Crippen molar-refractivity contribution < 1.29 is 23.4 Å². The van der Waals surface area contributed by atoms with Crippen molar-refractivity contribution in [3.05, 3.63) is 0 Å². The van der Waals surface area contributed by atoms with Crippen LogP contribution in [-0.2, 0) is 9.53 Å². The fourth-order valence-electron chi connectivity index (χ4n) is 0.269. The van der Waals surface area contributed by atoms with E-state index in [9.17, 15) is 13.6 Å². The summed E-state index contributed by atoms with van der Waals surface area (Å²) in [6.07, 6.45) is -2.65. The van der Waals surface area contributed by atoms with E-state index < -0.39 is 18.1 Å². The average molecular weight is 155 g/mol. The van der Waals surface area contributed by atoms with Crippen molar-refractivity contribution in [1.29, 1.82) is 0 Å². The Morgan fingerprint density at radius 3 is 2.40 bits per heavy atom. The second kappa shape index (κ2) is 2.89. The number of carboxylic acids is 1. The number of hydrogen-bond donors (Lipinski definition) is 2. The van der Waals surface area contributed by atoms with Gasteiger partial charge in [0.2, 0.25) is 0 Å². The maximum Gasteiger partial charge on any atom is 0.362 e. The molecule has 3 N–H and O–H groups in total. The Labute approximate surface area is 55.6 Å². The number of hydrogen-bond acceptors (Lipinski definition) is 3. The van der Waals surface area contributed by atoms with Crippen LogP contribution in [0.1, 0.15) is 0 Å². The van der Waals surface area contributed by atoms with Crippen LogP contribution in [0.25, 0.3) is 0 Å². The van der Waals surface area contributed by atoms with Crippen LogP contribution in [0.15, 0.2) is 0 Å². The largest absolute Gasteiger partial charge is 0.478 e. The zero-order valence-corrected chi connectivity index (χ0v) is 5.17. The van der Waals surface area contributed by atoms with Gasteiger partial charge in [0.15, 0.2) is 0 Å². The zero-order chi connectivity index (χ0) is 8.36. The minimum atomic E-state index is -3.46. The molecule has 0 aromatic carbocycles. The molecule has 0 spiro atoms. The average Bonchev–Trinajstić information content (AvgIpc) is 1.86. The molecule has 2 unspecified atom stereocenters. The van der Waals surface area contributed by atoms with Gasteiger partial charge in [-0.25, -0.2) is 13.6 Å². The summed E-state index contributed by atoms with van der Waals surface area (Å²) in [6.45, 7) is 0. The molecule has 2 atom stereocenters. The second-order valence-electron chi connectivity index (χ2n) is 1.62. The van der Waals surface area contributed by atoms with Crippen molar-refractivity contribution in [3.8, 4) is 0 Å². The normalized spacial score (nSPS) is 19.6. The lowest BCUT2D eigenvalue weighted by molar-refractivity contribution is -0.174. The maximum absolute atomic E-state index is 12.3. The summed E-state index contributed by atoms with van der Waals surface area (Å²) in [5, 5.41) is 7.92. The predicted octanol–water partition coefficient (Wildman–Crippen LogP) is -0.362. The Kier molecular flexibility index (Phi) is 2.67. The fraction of sp³-hybridized carbons (Fsp3) is 0.750. The summed E-state index contributed by atoms with van der Waals surface area (Å²) in [6, 6.07) is 0. The topological polar surface area (TPSA) is 72.5 Å². The van der Waals surface area contributed by atoms with Gasteiger partial charge in [-0.3, -0.25) is 5.73 Å². The number of methoxy groups -OCH3 is 1. The van der Waals surface area contributed by atoms with E-state index in [4.69, 9.17) is 5.11 Å². The van der Waals surface area contributed by atoms with Crippen LogP contribution in [0.4, 0.5) is 8.78 Å². The van der Waals surface area contributed by atoms with Gasteiger partial charge in [0.1, 0.15) is 0 Å². The van der Waals surface area contributed by atoms with Gasteiger partial charge in [-0.1, -0.05) is 0 Å². The monoisotopic (exact) mass is 155 g/mol. The summed E-state index contributed by atoms with van der Waals surface area (Å²) < 4.78 is 28.1. The minimum absolute atomic E-state index is 0.814. The molecular weight excluding hydrogens is 148 g/mol. The number of carbonyl (C=O) groups is 1. The molecule has 0 saturated carbocycles. The Morgan fingerprint density at radius 2 is 2.30 bits per heavy atom. The smallest absolute Gasteiger partial charge is 0.362 e. The lowest BCUT2D eigenvalue weighted by atomic mass is 10.3. The van der Waals surface area contributed by atoms with Crippen molar-refractivity contribution in [2.75, 3.05) is 7.11 Å². The number of halogens is 2. The SMILES string of the molecule is COC(F)C(N)(F)C(=O)O. The molecule has 4 nitrogen and oxygen atoms in total. The van der Waals surface area contributed by atoms with Gasteiger partial charge in [0.25, 0.3) is 6.36 Å². The van der Waals surface area contributed by atoms with Crippen LogP contribution < -0.4 is 5.73 Å². The number of alkyl halides is 2. The van der Waals surface area contributed by atoms with Crippen molar-refractivity contribution in [2.24, 2.45) is 5.73 Å². The van der Waals surface area contributed by atoms with Gasteiger partial charge >= 0.3 is 11.8 Å². The highest BCUT2D eigenvalue weighted by Crippen LogP contribution is 2.13. The van der Waals surface area contributed by atoms with Crippen molar-refractivity contribution in [3.63, 3.8) is 0 Å². The van der Waals surface area contributed by atoms with Crippen molar-refractivity contribution in [1.82, 2.24) is 0 Å². The number of nitrogens with two attached hydrogens (primary N) is 1. The number of rotatable bonds is 3. The predicted molar refractivity (Wildman–Crippen MR) is 27.6 cm³/mol. The maximum atomic E-state index is 12.3. The number of carboxylic acid groups (broad SMARTS) is 1. The van der Waals surface area contributed by atoms with E-state index in [-0.39, 0.29) is 0 Å². The van der Waals surface area contributed by atoms with Gasteiger partial charge in [-0.2, -0.15) is 0 Å². The number of ether oxygens (including phenoxy) is 1. The Hall–Kier alpha value is -0.750. The van der Waals surface area contributed by atoms with E-state index in [1.807, 2.05) is 0 Å². The van der Waals surface area contributed by atoms with E-state index in [0.717, 1.165) is 7.11 Å². The van der Waals surface area contributed by atoms with Gasteiger partial charge < -0.3 is 9.84 Å². The van der Waals surface area contributed by atoms with Crippen LogP contribution in [0.3, 0.4) is 0 Å². The molecule has 0 aliphatic heterocycles. The van der Waals surface area contributed by atoms with Crippen LogP contribution in [-0.4, -0.2) is 30.3 Å². The zero-order valence-electron chi connectivity index (χ0n) is 5.17. The van der Waals surface area contributed by atoms with E-state index in [0.29, 0.717) is 0 Å². The van der Waals surface area contributed by atoms with E-state index in [1.54, 1.807) is 0 Å². The van der Waals surface area contributed by atoms with Crippen molar-refractivity contribution in [2.45, 2.75) is 12.2 Å². The van der Waals surface area contributed by atoms with E-state index >= 15 is 0 Å². The van der Waals surface area contributed by atoms with Gasteiger partial charge in [-0.05, 0) is 0 Å². The molecule has 0 saturated heterocycles. The highest BCUT2D eigenvalue weighted by molar-refractivity contribution is 5.76. The summed E-state index contributed by atoms with van der Waals surface area (Å²) >= 11 is 0. The lowest BCUT2D eigenvalue weighted by Gasteiger charge is -2.17. The first kappa shape index (κ1) is 9.25. The summed E-state index contributed by atoms with van der Waals surface area (Å²) in [7, 11) is 0.814. The van der Waals surface area contributed by atoms with Gasteiger partial charge in [0, 0.05) is 7.11 Å². The molecule has 0 radical (unpaired) electrons. The van der Waals surface area contributed by atoms with Gasteiger partial charge in [-0.15, -0.1) is 0 Å². The molecular formula is C4H7F2NO3. The highest BCUT2D eigenvalue weighted by atomic mass is 19.2. The molecule has 0 rings (SSSR count). The minimum Gasteiger partial charge on any atom is -0.478 e. The first-order valence-corrected chi connectivity index (χ1v) is 2.31. The van der Waals surface area contributed by atoms with Crippen LogP contribution in [0.5, 0.6) is 0 Å².